The first-order valence-electron chi connectivity index (χ1n) is 5.71. The maximum absolute atomic E-state index is 11.3. The Morgan fingerprint density at radius 1 is 1.40 bits per heavy atom. The van der Waals surface area contributed by atoms with Gasteiger partial charge in [0.1, 0.15) is 0 Å². The molecule has 15 heavy (non-hydrogen) atoms. The van der Waals surface area contributed by atoms with E-state index in [1.165, 1.54) is 38.2 Å². The van der Waals surface area contributed by atoms with E-state index in [4.69, 9.17) is 4.52 Å². The Morgan fingerprint density at radius 3 is 2.67 bits per heavy atom. The van der Waals surface area contributed by atoms with Crippen molar-refractivity contribution in [3.05, 3.63) is 12.7 Å². The van der Waals surface area contributed by atoms with Gasteiger partial charge in [0.15, 0.2) is 0 Å². The van der Waals surface area contributed by atoms with Gasteiger partial charge in [0, 0.05) is 0 Å². The number of hydrogen-bond acceptors (Lipinski definition) is 2. The van der Waals surface area contributed by atoms with Crippen LogP contribution in [0, 0.1) is 5.92 Å². The van der Waals surface area contributed by atoms with Gasteiger partial charge in [0.2, 0.25) is 0 Å². The van der Waals surface area contributed by atoms with Crippen LogP contribution in [0.5, 0.6) is 0 Å². The predicted octanol–water partition coefficient (Wildman–Crippen LogP) is 3.34. The molecule has 0 aromatic carbocycles. The van der Waals surface area contributed by atoms with Crippen LogP contribution in [-0.4, -0.2) is 17.7 Å². The number of allylic oxidation sites excluding steroid dienone is 1. The molecule has 4 heteroatoms. The average Bonchev–Trinajstić information content (AvgIpc) is 2.19. The summed E-state index contributed by atoms with van der Waals surface area (Å²) in [6.07, 6.45) is 8.84. The molecule has 0 radical (unpaired) electrons. The maximum atomic E-state index is 11.3. The highest BCUT2D eigenvalue weighted by atomic mass is 31.2. The van der Waals surface area contributed by atoms with Crippen LogP contribution in [0.1, 0.15) is 38.5 Å². The molecule has 1 N–H and O–H groups in total. The zero-order valence-corrected chi connectivity index (χ0v) is 10.1. The maximum Gasteiger partial charge on any atom is 0.331 e. The molecule has 3 nitrogen and oxygen atoms in total. The molecule has 1 aliphatic rings. The second-order valence-electron chi connectivity index (χ2n) is 4.23. The Labute approximate surface area is 92.1 Å². The highest BCUT2D eigenvalue weighted by molar-refractivity contribution is 7.53. The van der Waals surface area contributed by atoms with E-state index in [1.807, 2.05) is 0 Å². The predicted molar refractivity (Wildman–Crippen MR) is 62.0 cm³/mol. The molecule has 0 amide bonds. The fourth-order valence-electron chi connectivity index (χ4n) is 2.05. The van der Waals surface area contributed by atoms with E-state index in [1.54, 1.807) is 0 Å². The minimum absolute atomic E-state index is 0.0532. The molecular formula is C11H21O3P. The fourth-order valence-corrected chi connectivity index (χ4v) is 2.88. The molecule has 88 valence electrons. The Hall–Kier alpha value is -0.110. The normalized spacial score (nSPS) is 22.2. The van der Waals surface area contributed by atoms with Gasteiger partial charge in [0.25, 0.3) is 0 Å². The topological polar surface area (TPSA) is 46.5 Å². The molecular weight excluding hydrogens is 211 g/mol. The average molecular weight is 232 g/mol. The lowest BCUT2D eigenvalue weighted by atomic mass is 9.87. The summed E-state index contributed by atoms with van der Waals surface area (Å²) in [6, 6.07) is 0. The fraction of sp³-hybridized carbons (Fsp3) is 0.818. The van der Waals surface area contributed by atoms with E-state index >= 15 is 0 Å². The highest BCUT2D eigenvalue weighted by Gasteiger charge is 2.18. The van der Waals surface area contributed by atoms with Crippen molar-refractivity contribution in [3.8, 4) is 0 Å². The van der Waals surface area contributed by atoms with Crippen molar-refractivity contribution in [3.63, 3.8) is 0 Å². The van der Waals surface area contributed by atoms with E-state index in [2.05, 4.69) is 6.58 Å². The van der Waals surface area contributed by atoms with Crippen molar-refractivity contribution in [2.75, 3.05) is 12.8 Å². The van der Waals surface area contributed by atoms with Crippen molar-refractivity contribution in [2.45, 2.75) is 38.5 Å². The summed E-state index contributed by atoms with van der Waals surface area (Å²) in [5.74, 6) is 0.697. The van der Waals surface area contributed by atoms with E-state index in [-0.39, 0.29) is 6.16 Å². The second kappa shape index (κ2) is 6.47. The summed E-state index contributed by atoms with van der Waals surface area (Å²) in [5, 5.41) is 0. The van der Waals surface area contributed by atoms with Gasteiger partial charge in [0.05, 0.1) is 12.8 Å². The van der Waals surface area contributed by atoms with Gasteiger partial charge in [-0.05, 0) is 12.3 Å². The Balaban J connectivity index is 2.14. The monoisotopic (exact) mass is 232 g/mol. The van der Waals surface area contributed by atoms with Crippen molar-refractivity contribution in [2.24, 2.45) is 5.92 Å². The molecule has 0 saturated heterocycles. The largest absolute Gasteiger partial charge is 0.331 e. The Kier molecular flexibility index (Phi) is 5.59. The van der Waals surface area contributed by atoms with Gasteiger partial charge < -0.3 is 9.42 Å². The summed E-state index contributed by atoms with van der Waals surface area (Å²) in [6.45, 7) is 3.84. The van der Waals surface area contributed by atoms with Crippen LogP contribution in [0.3, 0.4) is 0 Å². The van der Waals surface area contributed by atoms with Crippen LogP contribution >= 0.6 is 7.60 Å². The van der Waals surface area contributed by atoms with Gasteiger partial charge in [-0.15, -0.1) is 6.58 Å². The Morgan fingerprint density at radius 2 is 2.07 bits per heavy atom. The molecule has 1 rings (SSSR count). The van der Waals surface area contributed by atoms with E-state index in [0.717, 1.165) is 6.42 Å². The molecule has 0 aliphatic heterocycles. The first-order chi connectivity index (χ1) is 7.14. The van der Waals surface area contributed by atoms with Gasteiger partial charge in [-0.25, -0.2) is 0 Å². The first-order valence-corrected chi connectivity index (χ1v) is 7.47. The summed E-state index contributed by atoms with van der Waals surface area (Å²) < 4.78 is 16.3. The highest BCUT2D eigenvalue weighted by Crippen LogP contribution is 2.42. The van der Waals surface area contributed by atoms with Crippen molar-refractivity contribution in [1.82, 2.24) is 0 Å². The summed E-state index contributed by atoms with van der Waals surface area (Å²) in [7, 11) is -3.38. The van der Waals surface area contributed by atoms with Crippen LogP contribution in [0.15, 0.2) is 12.7 Å². The third-order valence-electron chi connectivity index (χ3n) is 2.90. The van der Waals surface area contributed by atoms with Crippen LogP contribution in [0.2, 0.25) is 0 Å². The zero-order chi connectivity index (χ0) is 11.1. The molecule has 1 aliphatic carbocycles. The van der Waals surface area contributed by atoms with Crippen molar-refractivity contribution in [1.29, 1.82) is 0 Å². The van der Waals surface area contributed by atoms with Crippen LogP contribution in [-0.2, 0) is 9.09 Å². The summed E-state index contributed by atoms with van der Waals surface area (Å²) >= 11 is 0. The standard InChI is InChI=1S/C11H21O3P/c1-2-10-15(12,13)14-9-8-11-6-4-3-5-7-11/h2,11H,1,3-10H2,(H,12,13). The van der Waals surface area contributed by atoms with Crippen LogP contribution < -0.4 is 0 Å². The van der Waals surface area contributed by atoms with E-state index in [9.17, 15) is 9.46 Å². The molecule has 1 unspecified atom stereocenters. The molecule has 1 saturated carbocycles. The van der Waals surface area contributed by atoms with Gasteiger partial charge in [-0.2, -0.15) is 0 Å². The molecule has 0 aromatic heterocycles. The number of rotatable bonds is 6. The molecule has 0 spiro atoms. The summed E-state index contributed by atoms with van der Waals surface area (Å²) in [4.78, 5) is 9.31. The molecule has 0 bridgehead atoms. The lowest BCUT2D eigenvalue weighted by molar-refractivity contribution is 0.221. The van der Waals surface area contributed by atoms with Crippen LogP contribution in [0.4, 0.5) is 0 Å². The van der Waals surface area contributed by atoms with Crippen LogP contribution in [0.25, 0.3) is 0 Å². The zero-order valence-electron chi connectivity index (χ0n) is 9.23. The first kappa shape index (κ1) is 13.0. The lowest BCUT2D eigenvalue weighted by Crippen LogP contribution is -2.09. The minimum Gasteiger partial charge on any atom is -0.324 e. The van der Waals surface area contributed by atoms with Crippen molar-refractivity contribution < 1.29 is 14.0 Å². The molecule has 1 atom stereocenters. The molecule has 0 heterocycles. The minimum atomic E-state index is -3.38. The number of hydrogen-bond donors (Lipinski definition) is 1. The Bertz CT molecular complexity index is 234. The smallest absolute Gasteiger partial charge is 0.324 e. The SMILES string of the molecule is C=CCP(=O)(O)OCCC1CCCCC1. The third kappa shape index (κ3) is 5.50. The lowest BCUT2D eigenvalue weighted by Gasteiger charge is -2.21. The third-order valence-corrected chi connectivity index (χ3v) is 4.21. The molecule has 0 aromatic rings. The van der Waals surface area contributed by atoms with E-state index < -0.39 is 7.60 Å². The van der Waals surface area contributed by atoms with Gasteiger partial charge >= 0.3 is 7.60 Å². The van der Waals surface area contributed by atoms with E-state index in [0.29, 0.717) is 12.5 Å². The van der Waals surface area contributed by atoms with Gasteiger partial charge in [-0.1, -0.05) is 38.2 Å². The second-order valence-corrected chi connectivity index (χ2v) is 6.13. The summed E-state index contributed by atoms with van der Waals surface area (Å²) in [5.41, 5.74) is 0. The quantitative estimate of drug-likeness (QED) is 0.564. The molecule has 1 fully saturated rings. The van der Waals surface area contributed by atoms with Gasteiger partial charge in [-0.3, -0.25) is 4.57 Å². The van der Waals surface area contributed by atoms with Crippen molar-refractivity contribution >= 4 is 7.60 Å².